The summed E-state index contributed by atoms with van der Waals surface area (Å²) in [5.41, 5.74) is -0.619. The predicted molar refractivity (Wildman–Crippen MR) is 45.1 cm³/mol. The van der Waals surface area contributed by atoms with Crippen LogP contribution in [0.1, 0.15) is 26.7 Å². The number of esters is 1. The third-order valence-corrected chi connectivity index (χ3v) is 4.42. The molecule has 3 heteroatoms. The van der Waals surface area contributed by atoms with Gasteiger partial charge in [0.05, 0.1) is 18.3 Å². The zero-order valence-corrected chi connectivity index (χ0v) is 8.00. The summed E-state index contributed by atoms with van der Waals surface area (Å²) in [6, 6.07) is 0. The fourth-order valence-corrected chi connectivity index (χ4v) is 3.26. The molecule has 0 aromatic rings. The summed E-state index contributed by atoms with van der Waals surface area (Å²) >= 11 is 0. The minimum atomic E-state index is -0.365. The first-order valence-electron chi connectivity index (χ1n) is 4.93. The van der Waals surface area contributed by atoms with Crippen molar-refractivity contribution < 1.29 is 14.3 Å². The van der Waals surface area contributed by atoms with E-state index in [1.165, 1.54) is 0 Å². The second-order valence-corrected chi connectivity index (χ2v) is 4.83. The molecule has 3 aliphatic rings. The van der Waals surface area contributed by atoms with Crippen LogP contribution in [0, 0.1) is 11.3 Å². The third kappa shape index (κ3) is 0.622. The Hall–Kier alpha value is -0.570. The van der Waals surface area contributed by atoms with E-state index in [9.17, 15) is 4.79 Å². The Bertz CT molecular complexity index is 288. The molecule has 0 unspecified atom stereocenters. The van der Waals surface area contributed by atoms with E-state index in [0.717, 1.165) is 12.8 Å². The van der Waals surface area contributed by atoms with Crippen molar-refractivity contribution in [2.24, 2.45) is 11.3 Å². The lowest BCUT2D eigenvalue weighted by atomic mass is 9.63. The van der Waals surface area contributed by atoms with Gasteiger partial charge in [0, 0.05) is 5.92 Å². The molecule has 0 saturated carbocycles. The zero-order chi connectivity index (χ0) is 9.27. The van der Waals surface area contributed by atoms with Crippen LogP contribution >= 0.6 is 0 Å². The Morgan fingerprint density at radius 3 is 2.92 bits per heavy atom. The van der Waals surface area contributed by atoms with E-state index in [2.05, 4.69) is 6.92 Å². The molecule has 0 N–H and O–H groups in total. The average molecular weight is 182 g/mol. The number of hydrogen-bond donors (Lipinski definition) is 0. The van der Waals surface area contributed by atoms with Crippen LogP contribution in [0.4, 0.5) is 0 Å². The Kier molecular flexibility index (Phi) is 1.15. The lowest BCUT2D eigenvalue weighted by Crippen LogP contribution is -2.47. The molecule has 0 amide bonds. The van der Waals surface area contributed by atoms with Gasteiger partial charge >= 0.3 is 5.97 Å². The van der Waals surface area contributed by atoms with E-state index < -0.39 is 0 Å². The number of carbonyl (C=O) groups is 1. The minimum Gasteiger partial charge on any atom is -0.465 e. The summed E-state index contributed by atoms with van der Waals surface area (Å²) in [5, 5.41) is 0. The van der Waals surface area contributed by atoms with E-state index in [1.807, 2.05) is 6.92 Å². The summed E-state index contributed by atoms with van der Waals surface area (Å²) < 4.78 is 11.0. The molecular weight excluding hydrogens is 168 g/mol. The molecule has 0 aromatic heterocycles. The third-order valence-electron chi connectivity index (χ3n) is 4.42. The number of rotatable bonds is 0. The van der Waals surface area contributed by atoms with E-state index >= 15 is 0 Å². The van der Waals surface area contributed by atoms with Gasteiger partial charge in [0.2, 0.25) is 0 Å². The lowest BCUT2D eigenvalue weighted by Gasteiger charge is -2.35. The average Bonchev–Trinajstić information content (AvgIpc) is 2.64. The summed E-state index contributed by atoms with van der Waals surface area (Å²) in [6.07, 6.45) is 2.36. The first-order valence-corrected chi connectivity index (χ1v) is 4.93. The molecule has 4 atom stereocenters. The molecular formula is C10H14O3. The van der Waals surface area contributed by atoms with Crippen molar-refractivity contribution in [1.82, 2.24) is 0 Å². The van der Waals surface area contributed by atoms with Crippen molar-refractivity contribution >= 4 is 5.97 Å². The Labute approximate surface area is 77.4 Å². The van der Waals surface area contributed by atoms with Crippen LogP contribution in [0.3, 0.4) is 0 Å². The highest BCUT2D eigenvalue weighted by atomic mass is 16.6. The molecule has 0 aliphatic carbocycles. The predicted octanol–water partition coefficient (Wildman–Crippen LogP) is 1.12. The molecule has 3 heterocycles. The number of carbonyl (C=O) groups excluding carboxylic acids is 1. The summed E-state index contributed by atoms with van der Waals surface area (Å²) in [6.45, 7) is 4.63. The molecule has 0 radical (unpaired) electrons. The maximum Gasteiger partial charge on any atom is 0.315 e. The smallest absolute Gasteiger partial charge is 0.315 e. The molecule has 13 heavy (non-hydrogen) atoms. The van der Waals surface area contributed by atoms with Crippen molar-refractivity contribution in [2.45, 2.75) is 38.4 Å². The van der Waals surface area contributed by atoms with Gasteiger partial charge in [0.15, 0.2) is 0 Å². The molecule has 3 nitrogen and oxygen atoms in total. The van der Waals surface area contributed by atoms with Gasteiger partial charge in [-0.25, -0.2) is 0 Å². The van der Waals surface area contributed by atoms with Gasteiger partial charge in [-0.1, -0.05) is 0 Å². The lowest BCUT2D eigenvalue weighted by molar-refractivity contribution is -0.155. The fourth-order valence-electron chi connectivity index (χ4n) is 3.26. The van der Waals surface area contributed by atoms with Crippen molar-refractivity contribution in [3.8, 4) is 0 Å². The Morgan fingerprint density at radius 2 is 2.23 bits per heavy atom. The molecule has 3 aliphatic heterocycles. The van der Waals surface area contributed by atoms with Gasteiger partial charge in [-0.2, -0.15) is 0 Å². The van der Waals surface area contributed by atoms with Crippen molar-refractivity contribution in [2.75, 3.05) is 6.61 Å². The second kappa shape index (κ2) is 1.92. The van der Waals surface area contributed by atoms with Crippen LogP contribution < -0.4 is 0 Å². The molecule has 3 fully saturated rings. The van der Waals surface area contributed by atoms with Crippen LogP contribution in [0.2, 0.25) is 0 Å². The summed E-state index contributed by atoms with van der Waals surface area (Å²) in [7, 11) is 0. The fraction of sp³-hybridized carbons (Fsp3) is 0.900. The molecule has 3 saturated heterocycles. The zero-order valence-electron chi connectivity index (χ0n) is 8.00. The first kappa shape index (κ1) is 7.80. The van der Waals surface area contributed by atoms with Crippen molar-refractivity contribution in [3.05, 3.63) is 0 Å². The summed E-state index contributed by atoms with van der Waals surface area (Å²) in [4.78, 5) is 11.7. The van der Waals surface area contributed by atoms with E-state index in [0.29, 0.717) is 12.5 Å². The highest BCUT2D eigenvalue weighted by Gasteiger charge is 2.71. The topological polar surface area (TPSA) is 35.5 Å². The van der Waals surface area contributed by atoms with Crippen LogP contribution in [0.5, 0.6) is 0 Å². The van der Waals surface area contributed by atoms with Gasteiger partial charge in [-0.05, 0) is 26.7 Å². The van der Waals surface area contributed by atoms with E-state index in [-0.39, 0.29) is 23.1 Å². The van der Waals surface area contributed by atoms with Gasteiger partial charge in [0.1, 0.15) is 5.41 Å². The van der Waals surface area contributed by atoms with Gasteiger partial charge in [-0.3, -0.25) is 4.79 Å². The Balaban J connectivity index is 2.13. The van der Waals surface area contributed by atoms with Crippen LogP contribution in [0.15, 0.2) is 0 Å². The largest absolute Gasteiger partial charge is 0.465 e. The van der Waals surface area contributed by atoms with Crippen LogP contribution in [0.25, 0.3) is 0 Å². The van der Waals surface area contributed by atoms with Gasteiger partial charge in [-0.15, -0.1) is 0 Å². The van der Waals surface area contributed by atoms with Gasteiger partial charge in [0.25, 0.3) is 0 Å². The second-order valence-electron chi connectivity index (χ2n) is 4.83. The number of cyclic esters (lactones) is 1. The first-order chi connectivity index (χ1) is 6.08. The quantitative estimate of drug-likeness (QED) is 0.526. The van der Waals surface area contributed by atoms with Gasteiger partial charge < -0.3 is 9.47 Å². The highest BCUT2D eigenvalue weighted by molar-refractivity contribution is 5.81. The highest BCUT2D eigenvalue weighted by Crippen LogP contribution is 2.61. The number of hydrogen-bond acceptors (Lipinski definition) is 3. The SMILES string of the molecule is C[C@]12CC[C@H](O1)[C@H]1COC(=O)[C@@]12C. The molecule has 2 bridgehead atoms. The van der Waals surface area contributed by atoms with Crippen molar-refractivity contribution in [3.63, 3.8) is 0 Å². The maximum absolute atomic E-state index is 11.7. The Morgan fingerprint density at radius 1 is 1.46 bits per heavy atom. The molecule has 0 spiro atoms. The van der Waals surface area contributed by atoms with E-state index in [1.54, 1.807) is 0 Å². The minimum absolute atomic E-state index is 0.0535. The normalized spacial score (nSPS) is 58.2. The molecule has 0 aromatic carbocycles. The van der Waals surface area contributed by atoms with Crippen molar-refractivity contribution in [1.29, 1.82) is 0 Å². The van der Waals surface area contributed by atoms with Crippen LogP contribution in [-0.4, -0.2) is 24.3 Å². The van der Waals surface area contributed by atoms with E-state index in [4.69, 9.17) is 9.47 Å². The molecule has 72 valence electrons. The summed E-state index contributed by atoms with van der Waals surface area (Å²) in [5.74, 6) is 0.251. The number of fused-ring (bicyclic) bond motifs is 5. The van der Waals surface area contributed by atoms with Crippen LogP contribution in [-0.2, 0) is 14.3 Å². The standard InChI is InChI=1S/C10H14O3/c1-9-4-3-7(13-9)6-5-12-8(11)10(6,9)2/h6-7H,3-5H2,1-2H3/t6-,7+,9-,10-/m1/s1. The maximum atomic E-state index is 11.7. The molecule has 3 rings (SSSR count). The monoisotopic (exact) mass is 182 g/mol. The number of ether oxygens (including phenoxy) is 2.